The van der Waals surface area contributed by atoms with Gasteiger partial charge >= 0.3 is 18.1 Å². The van der Waals surface area contributed by atoms with Crippen molar-refractivity contribution in [2.24, 2.45) is 0 Å². The molecule has 2 aromatic carbocycles. The van der Waals surface area contributed by atoms with E-state index in [0.29, 0.717) is 50.8 Å². The van der Waals surface area contributed by atoms with E-state index in [9.17, 15) is 36.3 Å². The maximum Gasteiger partial charge on any atom is 0.490 e. The Hall–Kier alpha value is -4.05. The number of anilines is 2. The van der Waals surface area contributed by atoms with E-state index in [1.54, 1.807) is 37.2 Å². The van der Waals surface area contributed by atoms with E-state index in [1.807, 2.05) is 11.8 Å². The van der Waals surface area contributed by atoms with E-state index >= 15 is 0 Å². The van der Waals surface area contributed by atoms with Crippen LogP contribution in [0, 0.1) is 0 Å². The van der Waals surface area contributed by atoms with Gasteiger partial charge < -0.3 is 24.7 Å². The van der Waals surface area contributed by atoms with Crippen LogP contribution in [-0.4, -0.2) is 106 Å². The Balaban J connectivity index is 0.000000745. The van der Waals surface area contributed by atoms with E-state index in [0.717, 1.165) is 0 Å². The molecule has 0 bridgehead atoms. The van der Waals surface area contributed by atoms with Crippen molar-refractivity contribution in [3.05, 3.63) is 48.0 Å². The highest BCUT2D eigenvalue weighted by atomic mass is 32.2. The quantitative estimate of drug-likeness (QED) is 0.388. The second-order valence-electron chi connectivity index (χ2n) is 8.90. The molecule has 0 saturated carbocycles. The standard InChI is InChI=1S/C23H30N4O6S.C2HF3O2/c1-4-33-18-6-8-19(9-7-18)34(31,32)24-21-10-5-17(15-20(21)23(29)30)27-13-11-26(12-14-27)16-22(28)25(2)3;3-2(4,5)1(6)7/h5-10,15,24H,4,11-14,16H2,1-3H3,(H,29,30);(H,6,7). The maximum atomic E-state index is 12.8. The van der Waals surface area contributed by atoms with Crippen LogP contribution in [0.25, 0.3) is 0 Å². The first kappa shape index (κ1) is 33.2. The molecule has 16 heteroatoms. The van der Waals surface area contributed by atoms with Gasteiger partial charge in [-0.1, -0.05) is 0 Å². The van der Waals surface area contributed by atoms with Crippen molar-refractivity contribution in [3.8, 4) is 5.75 Å². The van der Waals surface area contributed by atoms with Crippen molar-refractivity contribution < 1.29 is 50.9 Å². The van der Waals surface area contributed by atoms with Gasteiger partial charge in [-0.25, -0.2) is 18.0 Å². The lowest BCUT2D eigenvalue weighted by Crippen LogP contribution is -2.49. The molecule has 1 aliphatic rings. The lowest BCUT2D eigenvalue weighted by atomic mass is 10.1. The molecule has 2 aromatic rings. The van der Waals surface area contributed by atoms with Gasteiger partial charge in [0, 0.05) is 46.0 Å². The summed E-state index contributed by atoms with van der Waals surface area (Å²) in [4.78, 5) is 38.4. The number of piperazine rings is 1. The number of aromatic carboxylic acids is 1. The van der Waals surface area contributed by atoms with Crippen molar-refractivity contribution in [1.82, 2.24) is 9.80 Å². The highest BCUT2D eigenvalue weighted by molar-refractivity contribution is 7.92. The van der Waals surface area contributed by atoms with Gasteiger partial charge in [0.15, 0.2) is 0 Å². The number of hydrogen-bond acceptors (Lipinski definition) is 8. The number of aliphatic carboxylic acids is 1. The summed E-state index contributed by atoms with van der Waals surface area (Å²) < 4.78 is 65.1. The number of rotatable bonds is 9. The van der Waals surface area contributed by atoms with Crippen molar-refractivity contribution in [1.29, 1.82) is 0 Å². The summed E-state index contributed by atoms with van der Waals surface area (Å²) in [5, 5.41) is 16.8. The normalized spacial score (nSPS) is 14.0. The predicted octanol–water partition coefficient (Wildman–Crippen LogP) is 2.43. The molecule has 1 saturated heterocycles. The van der Waals surface area contributed by atoms with Crippen molar-refractivity contribution in [2.75, 3.05) is 63.0 Å². The molecule has 1 aliphatic heterocycles. The van der Waals surface area contributed by atoms with Gasteiger partial charge in [-0.15, -0.1) is 0 Å². The molecule has 1 heterocycles. The number of carbonyl (C=O) groups excluding carboxylic acids is 1. The molecule has 1 amide bonds. The first-order valence-corrected chi connectivity index (χ1v) is 13.6. The van der Waals surface area contributed by atoms with Crippen LogP contribution in [0.3, 0.4) is 0 Å². The number of alkyl halides is 3. The monoisotopic (exact) mass is 604 g/mol. The lowest BCUT2D eigenvalue weighted by molar-refractivity contribution is -0.192. The Bertz CT molecular complexity index is 1330. The third-order valence-corrected chi connectivity index (χ3v) is 7.14. The number of carboxylic acid groups (broad SMARTS) is 2. The minimum atomic E-state index is -5.08. The molecule has 0 aliphatic carbocycles. The molecular formula is C25H31F3N4O8S. The second kappa shape index (κ2) is 14.0. The van der Waals surface area contributed by atoms with Gasteiger partial charge in [0.05, 0.1) is 29.3 Å². The van der Waals surface area contributed by atoms with Crippen LogP contribution in [0.2, 0.25) is 0 Å². The van der Waals surface area contributed by atoms with Crippen LogP contribution in [-0.2, 0) is 19.6 Å². The van der Waals surface area contributed by atoms with E-state index in [-0.39, 0.29) is 22.1 Å². The number of carboxylic acids is 2. The fraction of sp³-hybridized carbons (Fsp3) is 0.400. The second-order valence-corrected chi connectivity index (χ2v) is 10.6. The molecule has 0 spiro atoms. The van der Waals surface area contributed by atoms with Crippen molar-refractivity contribution in [3.63, 3.8) is 0 Å². The zero-order valence-electron chi connectivity index (χ0n) is 22.5. The van der Waals surface area contributed by atoms with E-state index < -0.39 is 28.1 Å². The molecule has 3 N–H and O–H groups in total. The predicted molar refractivity (Wildman–Crippen MR) is 143 cm³/mol. The third kappa shape index (κ3) is 9.82. The minimum Gasteiger partial charge on any atom is -0.494 e. The number of carbonyl (C=O) groups is 3. The highest BCUT2D eigenvalue weighted by Crippen LogP contribution is 2.27. The van der Waals surface area contributed by atoms with Gasteiger partial charge in [-0.2, -0.15) is 13.2 Å². The number of sulfonamides is 1. The summed E-state index contributed by atoms with van der Waals surface area (Å²) in [5.41, 5.74) is 0.526. The summed E-state index contributed by atoms with van der Waals surface area (Å²) in [5.74, 6) is -3.41. The summed E-state index contributed by atoms with van der Waals surface area (Å²) >= 11 is 0. The van der Waals surface area contributed by atoms with E-state index in [2.05, 4.69) is 9.62 Å². The molecule has 226 valence electrons. The Morgan fingerprint density at radius 1 is 1.00 bits per heavy atom. The van der Waals surface area contributed by atoms with E-state index in [4.69, 9.17) is 14.6 Å². The van der Waals surface area contributed by atoms with Gasteiger partial charge in [-0.05, 0) is 49.4 Å². The number of benzene rings is 2. The van der Waals surface area contributed by atoms with Crippen LogP contribution in [0.4, 0.5) is 24.5 Å². The number of halogens is 3. The maximum absolute atomic E-state index is 12.8. The number of hydrogen-bond donors (Lipinski definition) is 3. The number of nitrogens with zero attached hydrogens (tertiary/aromatic N) is 3. The smallest absolute Gasteiger partial charge is 0.490 e. The summed E-state index contributed by atoms with van der Waals surface area (Å²) in [7, 11) is -0.550. The summed E-state index contributed by atoms with van der Waals surface area (Å²) in [6.45, 7) is 5.20. The van der Waals surface area contributed by atoms with Crippen LogP contribution in [0.5, 0.6) is 5.75 Å². The highest BCUT2D eigenvalue weighted by Gasteiger charge is 2.38. The first-order valence-electron chi connectivity index (χ1n) is 12.2. The van der Waals surface area contributed by atoms with Crippen LogP contribution >= 0.6 is 0 Å². The number of likely N-dealkylation sites (N-methyl/N-ethyl adjacent to an activating group) is 1. The lowest BCUT2D eigenvalue weighted by Gasteiger charge is -2.36. The Morgan fingerprint density at radius 2 is 1.56 bits per heavy atom. The molecule has 0 atom stereocenters. The molecule has 1 fully saturated rings. The van der Waals surface area contributed by atoms with Crippen LogP contribution < -0.4 is 14.4 Å². The largest absolute Gasteiger partial charge is 0.494 e. The first-order chi connectivity index (χ1) is 19.0. The summed E-state index contributed by atoms with van der Waals surface area (Å²) in [6.07, 6.45) is -5.08. The minimum absolute atomic E-state index is 0.000221. The van der Waals surface area contributed by atoms with Crippen molar-refractivity contribution >= 4 is 39.2 Å². The fourth-order valence-electron chi connectivity index (χ4n) is 3.58. The molecular weight excluding hydrogens is 573 g/mol. The number of nitrogens with one attached hydrogen (secondary N) is 1. The zero-order chi connectivity index (χ0) is 31.0. The zero-order valence-corrected chi connectivity index (χ0v) is 23.3. The van der Waals surface area contributed by atoms with Gasteiger partial charge in [0.25, 0.3) is 10.0 Å². The number of ether oxygens (including phenoxy) is 1. The van der Waals surface area contributed by atoms with Crippen molar-refractivity contribution in [2.45, 2.75) is 18.0 Å². The SMILES string of the molecule is CCOc1ccc(S(=O)(=O)Nc2ccc(N3CCN(CC(=O)N(C)C)CC3)cc2C(=O)O)cc1.O=C(O)C(F)(F)F. The average Bonchev–Trinajstić information content (AvgIpc) is 2.89. The molecule has 0 radical (unpaired) electrons. The van der Waals surface area contributed by atoms with Gasteiger partial charge in [-0.3, -0.25) is 14.4 Å². The Kier molecular flexibility index (Phi) is 11.3. The van der Waals surface area contributed by atoms with Crippen LogP contribution in [0.1, 0.15) is 17.3 Å². The van der Waals surface area contributed by atoms with E-state index in [1.165, 1.54) is 24.3 Å². The van der Waals surface area contributed by atoms with Gasteiger partial charge in [0.1, 0.15) is 5.75 Å². The molecule has 3 rings (SSSR count). The average molecular weight is 605 g/mol. The van der Waals surface area contributed by atoms with Gasteiger partial charge in [0.2, 0.25) is 5.91 Å². The summed E-state index contributed by atoms with van der Waals surface area (Å²) in [6, 6.07) is 10.5. The molecule has 0 aromatic heterocycles. The molecule has 0 unspecified atom stereocenters. The Morgan fingerprint density at radius 3 is 2.02 bits per heavy atom. The van der Waals surface area contributed by atoms with Crippen LogP contribution in [0.15, 0.2) is 47.4 Å². The Labute approximate surface area is 235 Å². The third-order valence-electron chi connectivity index (χ3n) is 5.76. The molecule has 41 heavy (non-hydrogen) atoms. The molecule has 12 nitrogen and oxygen atoms in total. The topological polar surface area (TPSA) is 157 Å². The fourth-order valence-corrected chi connectivity index (χ4v) is 4.66. The number of amides is 1.